The van der Waals surface area contributed by atoms with Crippen LogP contribution in [-0.2, 0) is 16.2 Å². The van der Waals surface area contributed by atoms with Crippen molar-refractivity contribution in [3.05, 3.63) is 29.8 Å². The van der Waals surface area contributed by atoms with Gasteiger partial charge in [0.05, 0.1) is 16.1 Å². The number of hydrogen-bond acceptors (Lipinski definition) is 3. The van der Waals surface area contributed by atoms with Gasteiger partial charge in [-0.05, 0) is 43.0 Å². The molecule has 21 heavy (non-hydrogen) atoms. The first-order chi connectivity index (χ1) is 9.63. The van der Waals surface area contributed by atoms with Gasteiger partial charge < -0.3 is 5.11 Å². The lowest BCUT2D eigenvalue weighted by molar-refractivity contribution is -0.137. The van der Waals surface area contributed by atoms with Gasteiger partial charge in [0.1, 0.15) is 0 Å². The van der Waals surface area contributed by atoms with E-state index in [9.17, 15) is 26.7 Å². The van der Waals surface area contributed by atoms with E-state index >= 15 is 0 Å². The van der Waals surface area contributed by atoms with Crippen LogP contribution in [0.15, 0.2) is 29.2 Å². The summed E-state index contributed by atoms with van der Waals surface area (Å²) in [5.41, 5.74) is -1.85. The lowest BCUT2D eigenvalue weighted by Gasteiger charge is -2.45. The van der Waals surface area contributed by atoms with Crippen LogP contribution in [0.2, 0.25) is 0 Å². The van der Waals surface area contributed by atoms with Gasteiger partial charge in [-0.15, -0.1) is 0 Å². The molecule has 0 spiro atoms. The molecule has 1 heterocycles. The van der Waals surface area contributed by atoms with E-state index in [-0.39, 0.29) is 23.9 Å². The zero-order valence-corrected chi connectivity index (χ0v) is 11.8. The van der Waals surface area contributed by atoms with E-state index in [1.807, 2.05) is 0 Å². The highest BCUT2D eigenvalue weighted by Crippen LogP contribution is 2.45. The van der Waals surface area contributed by atoms with Crippen molar-refractivity contribution in [2.45, 2.75) is 29.5 Å². The highest BCUT2D eigenvalue weighted by Gasteiger charge is 2.55. The van der Waals surface area contributed by atoms with E-state index < -0.39 is 27.4 Å². The molecule has 1 N–H and O–H groups in total. The van der Waals surface area contributed by atoms with Crippen molar-refractivity contribution in [2.75, 3.05) is 13.1 Å². The maximum atomic E-state index is 12.5. The third kappa shape index (κ3) is 2.56. The fraction of sp³-hybridized carbons (Fsp3) is 0.538. The molecule has 0 unspecified atom stereocenters. The lowest BCUT2D eigenvalue weighted by Crippen LogP contribution is -2.64. The van der Waals surface area contributed by atoms with Gasteiger partial charge in [0.25, 0.3) is 0 Å². The summed E-state index contributed by atoms with van der Waals surface area (Å²) in [4.78, 5) is -0.187. The molecular formula is C13H14F3NO3S. The molecule has 1 aliphatic heterocycles. The van der Waals surface area contributed by atoms with Gasteiger partial charge in [-0.3, -0.25) is 0 Å². The van der Waals surface area contributed by atoms with Crippen LogP contribution in [0.3, 0.4) is 0 Å². The van der Waals surface area contributed by atoms with E-state index in [0.717, 1.165) is 41.4 Å². The van der Waals surface area contributed by atoms with Gasteiger partial charge in [-0.1, -0.05) is 0 Å². The van der Waals surface area contributed by atoms with Gasteiger partial charge >= 0.3 is 6.18 Å². The van der Waals surface area contributed by atoms with Crippen molar-refractivity contribution in [3.8, 4) is 0 Å². The second-order valence-electron chi connectivity index (χ2n) is 5.67. The Balaban J connectivity index is 1.77. The Morgan fingerprint density at radius 1 is 1.14 bits per heavy atom. The van der Waals surface area contributed by atoms with Crippen molar-refractivity contribution in [1.82, 2.24) is 4.31 Å². The van der Waals surface area contributed by atoms with Gasteiger partial charge in [0.2, 0.25) is 10.0 Å². The molecule has 1 aromatic rings. The van der Waals surface area contributed by atoms with E-state index in [0.29, 0.717) is 0 Å². The smallest absolute Gasteiger partial charge is 0.387 e. The van der Waals surface area contributed by atoms with E-state index in [1.165, 1.54) is 0 Å². The van der Waals surface area contributed by atoms with E-state index in [4.69, 9.17) is 0 Å². The van der Waals surface area contributed by atoms with Gasteiger partial charge in [-0.2, -0.15) is 17.5 Å². The predicted molar refractivity (Wildman–Crippen MR) is 67.9 cm³/mol. The summed E-state index contributed by atoms with van der Waals surface area (Å²) >= 11 is 0. The fourth-order valence-corrected chi connectivity index (χ4v) is 4.14. The van der Waals surface area contributed by atoms with Crippen LogP contribution >= 0.6 is 0 Å². The zero-order valence-electron chi connectivity index (χ0n) is 11.0. The number of nitrogens with zero attached hydrogens (tertiary/aromatic N) is 1. The average Bonchev–Trinajstić information content (AvgIpc) is 3.18. The second-order valence-corrected chi connectivity index (χ2v) is 7.61. The Kier molecular flexibility index (Phi) is 3.13. The number of β-amino-alcohol motifs (C(OH)–C–C–N with tert-alkyl or cyclic N) is 1. The Hall–Kier alpha value is -1.12. The van der Waals surface area contributed by atoms with Crippen molar-refractivity contribution >= 4 is 10.0 Å². The second kappa shape index (κ2) is 4.44. The maximum absolute atomic E-state index is 12.5. The third-order valence-corrected chi connectivity index (χ3v) is 5.86. The van der Waals surface area contributed by atoms with Crippen LogP contribution in [0.5, 0.6) is 0 Å². The van der Waals surface area contributed by atoms with Gasteiger partial charge in [-0.25, -0.2) is 8.42 Å². The lowest BCUT2D eigenvalue weighted by atomic mass is 9.91. The monoisotopic (exact) mass is 321 g/mol. The molecule has 1 aromatic carbocycles. The summed E-state index contributed by atoms with van der Waals surface area (Å²) in [5, 5.41) is 10.1. The number of sulfonamides is 1. The van der Waals surface area contributed by atoms with Crippen molar-refractivity contribution in [3.63, 3.8) is 0 Å². The molecule has 0 amide bonds. The molecule has 2 aliphatic rings. The standard InChI is InChI=1S/C13H14F3NO3S/c14-13(15,16)10-3-5-11(6-4-10)21(19,20)17-7-12(18,8-17)9-1-2-9/h3-6,9,18H,1-2,7-8H2. The first kappa shape index (κ1) is 14.8. The topological polar surface area (TPSA) is 57.6 Å². The van der Waals surface area contributed by atoms with Crippen LogP contribution in [0.1, 0.15) is 18.4 Å². The number of alkyl halides is 3. The van der Waals surface area contributed by atoms with Crippen LogP contribution in [0.25, 0.3) is 0 Å². The minimum atomic E-state index is -4.49. The molecule has 2 fully saturated rings. The molecule has 1 aliphatic carbocycles. The van der Waals surface area contributed by atoms with Crippen LogP contribution in [-0.4, -0.2) is 36.5 Å². The molecule has 0 bridgehead atoms. The van der Waals surface area contributed by atoms with Gasteiger partial charge in [0.15, 0.2) is 0 Å². The predicted octanol–water partition coefficient (Wildman–Crippen LogP) is 1.85. The highest BCUT2D eigenvalue weighted by molar-refractivity contribution is 7.89. The first-order valence-corrected chi connectivity index (χ1v) is 7.97. The summed E-state index contributed by atoms with van der Waals surface area (Å²) in [5.74, 6) is 0.150. The Bertz CT molecular complexity index is 644. The normalized spacial score (nSPS) is 22.9. The molecule has 1 saturated heterocycles. The van der Waals surface area contributed by atoms with Crippen molar-refractivity contribution in [2.24, 2.45) is 5.92 Å². The molecule has 116 valence electrons. The average molecular weight is 321 g/mol. The van der Waals surface area contributed by atoms with Crippen LogP contribution < -0.4 is 0 Å². The van der Waals surface area contributed by atoms with E-state index in [2.05, 4.69) is 0 Å². The van der Waals surface area contributed by atoms with Gasteiger partial charge in [0, 0.05) is 13.1 Å². The molecule has 4 nitrogen and oxygen atoms in total. The number of halogens is 3. The molecule has 8 heteroatoms. The summed E-state index contributed by atoms with van der Waals surface area (Å²) in [6.07, 6.45) is -2.71. The zero-order chi connectivity index (χ0) is 15.5. The molecule has 0 radical (unpaired) electrons. The SMILES string of the molecule is O=S(=O)(c1ccc(C(F)(F)F)cc1)N1CC(O)(C2CC2)C1. The number of aliphatic hydroxyl groups is 1. The maximum Gasteiger partial charge on any atom is 0.416 e. The molecule has 3 rings (SSSR count). The van der Waals surface area contributed by atoms with E-state index in [1.54, 1.807) is 0 Å². The summed E-state index contributed by atoms with van der Waals surface area (Å²) in [6.45, 7) is 0.0298. The molecule has 0 aromatic heterocycles. The number of benzene rings is 1. The van der Waals surface area contributed by atoms with Crippen molar-refractivity contribution < 1.29 is 26.7 Å². The summed E-state index contributed by atoms with van der Waals surface area (Å²) in [6, 6.07) is 3.40. The highest BCUT2D eigenvalue weighted by atomic mass is 32.2. The first-order valence-electron chi connectivity index (χ1n) is 6.53. The summed E-state index contributed by atoms with van der Waals surface area (Å²) < 4.78 is 63.0. The Morgan fingerprint density at radius 2 is 1.67 bits per heavy atom. The van der Waals surface area contributed by atoms with Crippen LogP contribution in [0, 0.1) is 5.92 Å². The minimum absolute atomic E-state index is 0.0149. The number of rotatable bonds is 3. The minimum Gasteiger partial charge on any atom is -0.387 e. The Morgan fingerprint density at radius 3 is 2.10 bits per heavy atom. The van der Waals surface area contributed by atoms with Crippen LogP contribution in [0.4, 0.5) is 13.2 Å². The molecule has 0 atom stereocenters. The van der Waals surface area contributed by atoms with Crippen molar-refractivity contribution in [1.29, 1.82) is 0 Å². The quantitative estimate of drug-likeness (QED) is 0.924. The fourth-order valence-electron chi connectivity index (χ4n) is 2.58. The largest absolute Gasteiger partial charge is 0.416 e. The Labute approximate surface area is 120 Å². The molecular weight excluding hydrogens is 307 g/mol. The number of hydrogen-bond donors (Lipinski definition) is 1. The third-order valence-electron chi connectivity index (χ3n) is 4.06. The molecule has 1 saturated carbocycles. The summed E-state index contributed by atoms with van der Waals surface area (Å²) in [7, 11) is -3.84.